The number of carboxylic acid groups (broad SMARTS) is 1. The predicted octanol–water partition coefficient (Wildman–Crippen LogP) is 1.94. The molecule has 0 bridgehead atoms. The van der Waals surface area contributed by atoms with E-state index < -0.39 is 12.1 Å². The lowest BCUT2D eigenvalue weighted by Gasteiger charge is -2.28. The molecule has 1 fully saturated rings. The lowest BCUT2D eigenvalue weighted by Crippen LogP contribution is -2.44. The number of alkyl halides is 3. The third-order valence-electron chi connectivity index (χ3n) is 4.53. The van der Waals surface area contributed by atoms with Gasteiger partial charge in [-0.2, -0.15) is 18.2 Å². The smallest absolute Gasteiger partial charge is 0.475 e. The van der Waals surface area contributed by atoms with Crippen molar-refractivity contribution in [3.8, 4) is 11.8 Å². The quantitative estimate of drug-likeness (QED) is 0.374. The minimum Gasteiger partial charge on any atom is -0.475 e. The van der Waals surface area contributed by atoms with Crippen LogP contribution in [-0.4, -0.2) is 68.3 Å². The van der Waals surface area contributed by atoms with Gasteiger partial charge >= 0.3 is 12.1 Å². The van der Waals surface area contributed by atoms with Crippen molar-refractivity contribution < 1.29 is 23.1 Å². The number of carbonyl (C=O) groups is 1. The predicted molar refractivity (Wildman–Crippen MR) is 121 cm³/mol. The van der Waals surface area contributed by atoms with E-state index in [2.05, 4.69) is 35.9 Å². The highest BCUT2D eigenvalue weighted by Crippen LogP contribution is 2.23. The summed E-state index contributed by atoms with van der Waals surface area (Å²) in [6.07, 6.45) is -5.08. The number of fused-ring (bicyclic) bond motifs is 1. The van der Waals surface area contributed by atoms with Crippen molar-refractivity contribution in [2.75, 3.05) is 36.8 Å². The normalized spacial score (nSPS) is 14.0. The largest absolute Gasteiger partial charge is 0.490 e. The fraction of sp³-hybridized carbons (Fsp3) is 0.600. The maximum absolute atomic E-state index is 13.0. The second-order valence-electron chi connectivity index (χ2n) is 7.60. The van der Waals surface area contributed by atoms with Crippen LogP contribution in [0, 0.1) is 17.8 Å². The Morgan fingerprint density at radius 1 is 1.27 bits per heavy atom. The molecule has 1 aliphatic heterocycles. The molecule has 0 saturated carbocycles. The average Bonchev–Trinajstić information content (AvgIpc) is 3.12. The molecule has 0 spiro atoms. The summed E-state index contributed by atoms with van der Waals surface area (Å²) in [4.78, 5) is 33.6. The Kier molecular flexibility index (Phi) is 9.18. The zero-order valence-electron chi connectivity index (χ0n) is 18.9. The Hall–Kier alpha value is -2.72. The van der Waals surface area contributed by atoms with Gasteiger partial charge in [-0.15, -0.1) is 5.92 Å². The molecule has 3 rings (SSSR count). The summed E-state index contributed by atoms with van der Waals surface area (Å²) in [6.45, 7) is 10.1. The van der Waals surface area contributed by atoms with Gasteiger partial charge in [0.15, 0.2) is 16.3 Å². The third kappa shape index (κ3) is 6.88. The summed E-state index contributed by atoms with van der Waals surface area (Å²) in [5.41, 5.74) is 0.997. The van der Waals surface area contributed by atoms with Crippen molar-refractivity contribution in [2.45, 2.75) is 38.6 Å². The van der Waals surface area contributed by atoms with Gasteiger partial charge in [0, 0.05) is 39.0 Å². The van der Waals surface area contributed by atoms with E-state index in [0.29, 0.717) is 28.8 Å². The summed E-state index contributed by atoms with van der Waals surface area (Å²) in [7, 11) is 1.78. The highest BCUT2D eigenvalue weighted by Gasteiger charge is 2.38. The van der Waals surface area contributed by atoms with Crippen LogP contribution in [0.3, 0.4) is 0 Å². The van der Waals surface area contributed by atoms with Gasteiger partial charge in [-0.05, 0) is 12.8 Å². The molecule has 0 atom stereocenters. The summed E-state index contributed by atoms with van der Waals surface area (Å²) >= 11 is 1.60. The number of nitrogens with zero attached hydrogens (tertiary/aromatic N) is 5. The highest BCUT2D eigenvalue weighted by molar-refractivity contribution is 7.99. The van der Waals surface area contributed by atoms with Crippen LogP contribution in [0.4, 0.5) is 19.1 Å². The molecule has 1 saturated heterocycles. The van der Waals surface area contributed by atoms with Gasteiger partial charge in [-0.25, -0.2) is 9.78 Å². The fourth-order valence-electron chi connectivity index (χ4n) is 2.91. The van der Waals surface area contributed by atoms with Crippen LogP contribution < -0.4 is 15.8 Å². The third-order valence-corrected chi connectivity index (χ3v) is 5.98. The minimum atomic E-state index is -5.08. The van der Waals surface area contributed by atoms with Crippen LogP contribution >= 0.6 is 11.8 Å². The van der Waals surface area contributed by atoms with E-state index in [1.807, 2.05) is 4.57 Å². The van der Waals surface area contributed by atoms with E-state index in [4.69, 9.17) is 19.9 Å². The van der Waals surface area contributed by atoms with Gasteiger partial charge in [0.1, 0.15) is 0 Å². The summed E-state index contributed by atoms with van der Waals surface area (Å²) in [6, 6.07) is 0. The van der Waals surface area contributed by atoms with E-state index in [1.54, 1.807) is 30.3 Å². The topological polar surface area (TPSA) is 105 Å². The molecule has 3 heterocycles. The lowest BCUT2D eigenvalue weighted by atomic mass is 10.3. The number of aliphatic carboxylic acids is 1. The molecule has 1 aliphatic rings. The van der Waals surface area contributed by atoms with E-state index in [1.165, 1.54) is 0 Å². The number of aromatic nitrogens is 4. The molecular formula is C20H27F3N6O3S. The number of thioether (sulfide) groups is 1. The summed E-state index contributed by atoms with van der Waals surface area (Å²) in [5, 5.41) is 11.2. The first-order valence-electron chi connectivity index (χ1n) is 10.2. The van der Waals surface area contributed by atoms with Crippen molar-refractivity contribution in [1.82, 2.24) is 24.4 Å². The number of piperazine rings is 1. The molecule has 2 aromatic rings. The van der Waals surface area contributed by atoms with E-state index in [0.717, 1.165) is 37.9 Å². The van der Waals surface area contributed by atoms with Gasteiger partial charge in [0.25, 0.3) is 5.56 Å². The molecule has 33 heavy (non-hydrogen) atoms. The van der Waals surface area contributed by atoms with E-state index in [-0.39, 0.29) is 5.56 Å². The zero-order chi connectivity index (χ0) is 24.8. The molecule has 0 aliphatic carbocycles. The SMILES string of the molecule is CC#CCn1c(N2CCNCC2)nc2nc(SCC(C)C)n(C)c(=O)c21.O=C(O)C(F)(F)F. The average molecular weight is 489 g/mol. The first-order valence-corrected chi connectivity index (χ1v) is 11.2. The van der Waals surface area contributed by atoms with E-state index >= 15 is 0 Å². The number of anilines is 1. The number of carboxylic acids is 1. The Bertz CT molecular complexity index is 1090. The second kappa shape index (κ2) is 11.4. The fourth-order valence-corrected chi connectivity index (χ4v) is 3.82. The molecule has 0 aromatic carbocycles. The molecule has 2 aromatic heterocycles. The highest BCUT2D eigenvalue weighted by atomic mass is 32.2. The first-order chi connectivity index (χ1) is 15.5. The number of nitrogens with one attached hydrogen (secondary N) is 1. The maximum atomic E-state index is 13.0. The Labute approximate surface area is 193 Å². The monoisotopic (exact) mass is 488 g/mol. The van der Waals surface area contributed by atoms with Gasteiger partial charge in [-0.1, -0.05) is 31.5 Å². The Morgan fingerprint density at radius 2 is 1.88 bits per heavy atom. The molecule has 182 valence electrons. The molecule has 0 radical (unpaired) electrons. The number of hydrogen-bond donors (Lipinski definition) is 2. The number of hydrogen-bond acceptors (Lipinski definition) is 7. The summed E-state index contributed by atoms with van der Waals surface area (Å²) in [5.74, 6) is 5.47. The second-order valence-corrected chi connectivity index (χ2v) is 8.59. The molecule has 0 amide bonds. The van der Waals surface area contributed by atoms with Gasteiger partial charge in [0.2, 0.25) is 5.95 Å². The molecule has 0 unspecified atom stereocenters. The van der Waals surface area contributed by atoms with Gasteiger partial charge < -0.3 is 15.3 Å². The lowest BCUT2D eigenvalue weighted by molar-refractivity contribution is -0.192. The molecule has 13 heteroatoms. The number of rotatable bonds is 5. The Morgan fingerprint density at radius 3 is 2.39 bits per heavy atom. The minimum absolute atomic E-state index is 0.0620. The van der Waals surface area contributed by atoms with Crippen molar-refractivity contribution in [3.63, 3.8) is 0 Å². The van der Waals surface area contributed by atoms with E-state index in [9.17, 15) is 18.0 Å². The number of halogens is 3. The maximum Gasteiger partial charge on any atom is 0.490 e. The first kappa shape index (κ1) is 26.5. The van der Waals surface area contributed by atoms with Crippen molar-refractivity contribution in [2.24, 2.45) is 13.0 Å². The van der Waals surface area contributed by atoms with Crippen LogP contribution in [0.15, 0.2) is 9.95 Å². The zero-order valence-corrected chi connectivity index (χ0v) is 19.7. The van der Waals surface area contributed by atoms with Crippen molar-refractivity contribution in [1.29, 1.82) is 0 Å². The standard InChI is InChI=1S/C18H26N6OS.C2HF3O2/c1-5-6-9-24-14-15(20-17(24)23-10-7-19-8-11-23)21-18(22(4)16(14)25)26-12-13(2)3;3-2(4,5)1(6)7/h13,19H,7-12H2,1-4H3;(H,6,7). The van der Waals surface area contributed by atoms with Crippen LogP contribution in [-0.2, 0) is 18.4 Å². The van der Waals surface area contributed by atoms with Crippen LogP contribution in [0.1, 0.15) is 20.8 Å². The van der Waals surface area contributed by atoms with Crippen LogP contribution in [0.25, 0.3) is 11.2 Å². The van der Waals surface area contributed by atoms with Crippen LogP contribution in [0.2, 0.25) is 0 Å². The van der Waals surface area contributed by atoms with Crippen molar-refractivity contribution >= 4 is 34.8 Å². The molecular weight excluding hydrogens is 461 g/mol. The number of imidazole rings is 1. The van der Waals surface area contributed by atoms with Crippen LogP contribution in [0.5, 0.6) is 0 Å². The Balaban J connectivity index is 0.000000479. The molecule has 9 nitrogen and oxygen atoms in total. The van der Waals surface area contributed by atoms with Gasteiger partial charge in [0.05, 0.1) is 6.54 Å². The summed E-state index contributed by atoms with van der Waals surface area (Å²) < 4.78 is 35.3. The molecule has 2 N–H and O–H groups in total. The van der Waals surface area contributed by atoms with Crippen molar-refractivity contribution in [3.05, 3.63) is 10.4 Å². The van der Waals surface area contributed by atoms with Gasteiger partial charge in [-0.3, -0.25) is 13.9 Å².